The van der Waals surface area contributed by atoms with Gasteiger partial charge >= 0.3 is 0 Å². The number of hydrogen-bond donors (Lipinski definition) is 2. The zero-order chi connectivity index (χ0) is 13.8. The maximum absolute atomic E-state index is 11.9. The van der Waals surface area contributed by atoms with Gasteiger partial charge in [0.15, 0.2) is 0 Å². The lowest BCUT2D eigenvalue weighted by Gasteiger charge is -2.16. The molecule has 1 atom stereocenters. The van der Waals surface area contributed by atoms with Crippen molar-refractivity contribution in [2.75, 3.05) is 18.0 Å². The third-order valence-electron chi connectivity index (χ3n) is 3.08. The first-order chi connectivity index (χ1) is 9.11. The maximum Gasteiger partial charge on any atom is 0.227 e. The van der Waals surface area contributed by atoms with Crippen molar-refractivity contribution >= 4 is 17.5 Å². The number of hydrogen-bond acceptors (Lipinski definition) is 3. The fraction of sp³-hybridized carbons (Fsp3) is 0.286. The highest BCUT2D eigenvalue weighted by atomic mass is 16.3. The molecule has 2 amide bonds. The number of phenols is 1. The number of aromatic hydroxyl groups is 1. The fourth-order valence-electron chi connectivity index (χ4n) is 2.08. The fourth-order valence-corrected chi connectivity index (χ4v) is 2.08. The average molecular weight is 260 g/mol. The van der Waals surface area contributed by atoms with E-state index in [-0.39, 0.29) is 29.9 Å². The molecule has 1 saturated heterocycles. The minimum absolute atomic E-state index is 0.0792. The summed E-state index contributed by atoms with van der Waals surface area (Å²) in [6, 6.07) is 6.37. The van der Waals surface area contributed by atoms with Gasteiger partial charge in [0, 0.05) is 25.2 Å². The molecule has 0 unspecified atom stereocenters. The van der Waals surface area contributed by atoms with Crippen LogP contribution in [0.1, 0.15) is 6.42 Å². The van der Waals surface area contributed by atoms with Crippen LogP contribution in [0.3, 0.4) is 0 Å². The van der Waals surface area contributed by atoms with Gasteiger partial charge in [0.2, 0.25) is 11.8 Å². The Balaban J connectivity index is 2.05. The van der Waals surface area contributed by atoms with Gasteiger partial charge in [-0.25, -0.2) is 0 Å². The molecule has 1 heterocycles. The molecule has 0 aromatic heterocycles. The van der Waals surface area contributed by atoms with Crippen molar-refractivity contribution in [1.82, 2.24) is 5.32 Å². The highest BCUT2D eigenvalue weighted by molar-refractivity contribution is 6.00. The molecule has 1 aliphatic rings. The van der Waals surface area contributed by atoms with Gasteiger partial charge in [0.25, 0.3) is 0 Å². The van der Waals surface area contributed by atoms with Crippen LogP contribution < -0.4 is 10.2 Å². The lowest BCUT2D eigenvalue weighted by Crippen LogP contribution is -2.32. The number of anilines is 1. The largest absolute Gasteiger partial charge is 0.508 e. The number of carbonyl (C=O) groups is 2. The predicted molar refractivity (Wildman–Crippen MR) is 71.8 cm³/mol. The van der Waals surface area contributed by atoms with Crippen LogP contribution in [0.25, 0.3) is 0 Å². The summed E-state index contributed by atoms with van der Waals surface area (Å²) in [6.45, 7) is 4.30. The van der Waals surface area contributed by atoms with E-state index in [0.717, 1.165) is 0 Å². The Hall–Kier alpha value is -2.30. The van der Waals surface area contributed by atoms with Crippen molar-refractivity contribution in [2.24, 2.45) is 5.92 Å². The van der Waals surface area contributed by atoms with E-state index < -0.39 is 0 Å². The smallest absolute Gasteiger partial charge is 0.227 e. The van der Waals surface area contributed by atoms with Crippen LogP contribution in [0.2, 0.25) is 0 Å². The van der Waals surface area contributed by atoms with Gasteiger partial charge in [0.05, 0.1) is 5.92 Å². The standard InChI is InChI=1S/C14H16N2O3/c1-2-7-15-14(19)10-8-13(18)16(9-10)11-3-5-12(17)6-4-11/h2-6,10,17H,1,7-9H2,(H,15,19)/t10-/m0/s1. The van der Waals surface area contributed by atoms with Crippen LogP contribution in [-0.4, -0.2) is 30.0 Å². The summed E-state index contributed by atoms with van der Waals surface area (Å²) in [5.74, 6) is -0.393. The molecule has 19 heavy (non-hydrogen) atoms. The summed E-state index contributed by atoms with van der Waals surface area (Å²) in [4.78, 5) is 25.3. The van der Waals surface area contributed by atoms with Crippen molar-refractivity contribution in [3.63, 3.8) is 0 Å². The second-order valence-electron chi connectivity index (χ2n) is 4.46. The molecule has 0 saturated carbocycles. The van der Waals surface area contributed by atoms with Gasteiger partial charge in [-0.15, -0.1) is 6.58 Å². The monoisotopic (exact) mass is 260 g/mol. The normalized spacial score (nSPS) is 18.4. The van der Waals surface area contributed by atoms with Crippen LogP contribution in [0.5, 0.6) is 5.75 Å². The van der Waals surface area contributed by atoms with Crippen LogP contribution in [0.15, 0.2) is 36.9 Å². The lowest BCUT2D eigenvalue weighted by atomic mass is 10.1. The van der Waals surface area contributed by atoms with E-state index in [2.05, 4.69) is 11.9 Å². The van der Waals surface area contributed by atoms with E-state index in [1.54, 1.807) is 23.1 Å². The van der Waals surface area contributed by atoms with Crippen molar-refractivity contribution in [3.8, 4) is 5.75 Å². The van der Waals surface area contributed by atoms with Gasteiger partial charge in [0.1, 0.15) is 5.75 Å². The van der Waals surface area contributed by atoms with Gasteiger partial charge in [-0.05, 0) is 24.3 Å². The van der Waals surface area contributed by atoms with Crippen LogP contribution in [0.4, 0.5) is 5.69 Å². The van der Waals surface area contributed by atoms with Crippen molar-refractivity contribution < 1.29 is 14.7 Å². The minimum atomic E-state index is -0.332. The number of phenolic OH excluding ortho intramolecular Hbond substituents is 1. The third-order valence-corrected chi connectivity index (χ3v) is 3.08. The first-order valence-corrected chi connectivity index (χ1v) is 6.10. The molecule has 1 aromatic rings. The summed E-state index contributed by atoms with van der Waals surface area (Å²) in [5.41, 5.74) is 0.696. The van der Waals surface area contributed by atoms with Crippen molar-refractivity contribution in [3.05, 3.63) is 36.9 Å². The number of rotatable bonds is 4. The number of carbonyl (C=O) groups excluding carboxylic acids is 2. The van der Waals surface area contributed by atoms with Crippen LogP contribution in [0, 0.1) is 5.92 Å². The highest BCUT2D eigenvalue weighted by Gasteiger charge is 2.34. The Bertz CT molecular complexity index is 496. The van der Waals surface area contributed by atoms with Gasteiger partial charge in [-0.2, -0.15) is 0 Å². The van der Waals surface area contributed by atoms with E-state index in [1.807, 2.05) is 0 Å². The Kier molecular flexibility index (Phi) is 3.85. The number of nitrogens with zero attached hydrogens (tertiary/aromatic N) is 1. The third kappa shape index (κ3) is 2.93. The first kappa shape index (κ1) is 13.1. The Morgan fingerprint density at radius 1 is 1.47 bits per heavy atom. The van der Waals surface area contributed by atoms with E-state index in [1.165, 1.54) is 12.1 Å². The maximum atomic E-state index is 11.9. The molecule has 0 aliphatic carbocycles. The molecule has 2 rings (SSSR count). The molecular weight excluding hydrogens is 244 g/mol. The van der Waals surface area contributed by atoms with Crippen LogP contribution >= 0.6 is 0 Å². The summed E-state index contributed by atoms with van der Waals surface area (Å²) < 4.78 is 0. The molecule has 5 heteroatoms. The topological polar surface area (TPSA) is 69.6 Å². The molecule has 5 nitrogen and oxygen atoms in total. The Labute approximate surface area is 111 Å². The molecular formula is C14H16N2O3. The molecule has 100 valence electrons. The molecule has 2 N–H and O–H groups in total. The zero-order valence-corrected chi connectivity index (χ0v) is 10.5. The highest BCUT2D eigenvalue weighted by Crippen LogP contribution is 2.26. The quantitative estimate of drug-likeness (QED) is 0.795. The zero-order valence-electron chi connectivity index (χ0n) is 10.5. The first-order valence-electron chi connectivity index (χ1n) is 6.10. The summed E-state index contributed by atoms with van der Waals surface area (Å²) >= 11 is 0. The average Bonchev–Trinajstić information content (AvgIpc) is 2.79. The van der Waals surface area contributed by atoms with Gasteiger partial charge in [-0.1, -0.05) is 6.08 Å². The molecule has 0 spiro atoms. The number of benzene rings is 1. The molecule has 1 aromatic carbocycles. The molecule has 1 fully saturated rings. The van der Waals surface area contributed by atoms with Gasteiger partial charge in [-0.3, -0.25) is 9.59 Å². The second kappa shape index (κ2) is 5.56. The summed E-state index contributed by atoms with van der Waals surface area (Å²) in [5, 5.41) is 11.9. The lowest BCUT2D eigenvalue weighted by molar-refractivity contribution is -0.126. The van der Waals surface area contributed by atoms with E-state index in [9.17, 15) is 14.7 Å². The Morgan fingerprint density at radius 2 is 2.16 bits per heavy atom. The number of amides is 2. The molecule has 1 aliphatic heterocycles. The Morgan fingerprint density at radius 3 is 2.79 bits per heavy atom. The summed E-state index contributed by atoms with van der Waals surface area (Å²) in [7, 11) is 0. The van der Waals surface area contributed by atoms with Crippen molar-refractivity contribution in [2.45, 2.75) is 6.42 Å². The second-order valence-corrected chi connectivity index (χ2v) is 4.46. The van der Waals surface area contributed by atoms with Gasteiger partial charge < -0.3 is 15.3 Å². The minimum Gasteiger partial charge on any atom is -0.508 e. The summed E-state index contributed by atoms with van der Waals surface area (Å²) in [6.07, 6.45) is 1.82. The SMILES string of the molecule is C=CCNC(=O)[C@H]1CC(=O)N(c2ccc(O)cc2)C1. The van der Waals surface area contributed by atoms with E-state index in [4.69, 9.17) is 0 Å². The van der Waals surface area contributed by atoms with E-state index in [0.29, 0.717) is 18.8 Å². The van der Waals surface area contributed by atoms with Crippen molar-refractivity contribution in [1.29, 1.82) is 0 Å². The molecule has 0 bridgehead atoms. The predicted octanol–water partition coefficient (Wildman–Crippen LogP) is 1.05. The van der Waals surface area contributed by atoms with Crippen LogP contribution in [-0.2, 0) is 9.59 Å². The van der Waals surface area contributed by atoms with E-state index >= 15 is 0 Å². The molecule has 0 radical (unpaired) electrons. The number of nitrogens with one attached hydrogen (secondary N) is 1.